The smallest absolute Gasteiger partial charge is 0.129 e. The zero-order valence-electron chi connectivity index (χ0n) is 20.2. The molecule has 190 valence electrons. The molecule has 0 N–H and O–H groups in total. The van der Waals surface area contributed by atoms with Crippen molar-refractivity contribution in [2.45, 2.75) is 32.8 Å². The third-order valence-electron chi connectivity index (χ3n) is 4.41. The summed E-state index contributed by atoms with van der Waals surface area (Å²) in [4.78, 5) is 10.8. The Morgan fingerprint density at radius 3 is 1.36 bits per heavy atom. The van der Waals surface area contributed by atoms with E-state index in [4.69, 9.17) is 33.2 Å². The normalized spacial score (nSPS) is 11.2. The van der Waals surface area contributed by atoms with E-state index in [1.165, 1.54) is 0 Å². The molecule has 0 fully saturated rings. The average Bonchev–Trinajstić information content (AvgIpc) is 2.82. The van der Waals surface area contributed by atoms with Crippen LogP contribution in [0.5, 0.6) is 0 Å². The van der Waals surface area contributed by atoms with Crippen molar-refractivity contribution in [1.82, 2.24) is 0 Å². The lowest BCUT2D eigenvalue weighted by Gasteiger charge is -2.08. The molecule has 0 radical (unpaired) electrons. The molecule has 33 heavy (non-hydrogen) atoms. The molecule has 0 unspecified atom stereocenters. The maximum Gasteiger partial charge on any atom is 0.129 e. The molecule has 8 heteroatoms. The Balaban J connectivity index is 1.65. The summed E-state index contributed by atoms with van der Waals surface area (Å²) in [6.07, 6.45) is 2.43. The highest BCUT2D eigenvalue weighted by molar-refractivity contribution is 5.75. The highest BCUT2D eigenvalue weighted by atomic mass is 16.6. The van der Waals surface area contributed by atoms with Gasteiger partial charge < -0.3 is 38.0 Å². The molecule has 0 saturated carbocycles. The first kappa shape index (κ1) is 29.6. The number of ketones is 1. The van der Waals surface area contributed by atoms with Gasteiger partial charge in [-0.15, -0.1) is 0 Å². The summed E-state index contributed by atoms with van der Waals surface area (Å²) in [5, 5.41) is 0. The van der Waals surface area contributed by atoms with Gasteiger partial charge in [0, 0.05) is 13.0 Å². The van der Waals surface area contributed by atoms with Crippen LogP contribution in [0.25, 0.3) is 0 Å². The summed E-state index contributed by atoms with van der Waals surface area (Å²) in [5.74, 6) is 0.232. The second kappa shape index (κ2) is 23.8. The van der Waals surface area contributed by atoms with Gasteiger partial charge in [-0.1, -0.05) is 30.3 Å². The van der Waals surface area contributed by atoms with E-state index in [0.717, 1.165) is 18.4 Å². The van der Waals surface area contributed by atoms with Crippen molar-refractivity contribution in [3.63, 3.8) is 0 Å². The minimum absolute atomic E-state index is 0.232. The van der Waals surface area contributed by atoms with E-state index in [1.807, 2.05) is 30.3 Å². The molecule has 0 aromatic heterocycles. The van der Waals surface area contributed by atoms with E-state index in [0.29, 0.717) is 98.9 Å². The standard InChI is InChI=1S/C25H42O8/c1-24(26)7-5-6-10-27-11-12-28-13-14-29-15-16-30-17-18-31-19-20-32-21-22-33-23-25-8-3-2-4-9-25/h2-4,8-9H,5-7,10-23H2,1H3. The number of carbonyl (C=O) groups is 1. The van der Waals surface area contributed by atoms with E-state index in [-0.39, 0.29) is 5.78 Å². The fourth-order valence-corrected chi connectivity index (χ4v) is 2.66. The number of benzene rings is 1. The molecule has 0 bridgehead atoms. The third-order valence-corrected chi connectivity index (χ3v) is 4.41. The number of hydrogen-bond acceptors (Lipinski definition) is 8. The topological polar surface area (TPSA) is 81.7 Å². The zero-order valence-corrected chi connectivity index (χ0v) is 20.2. The Morgan fingerprint density at radius 1 is 0.545 bits per heavy atom. The van der Waals surface area contributed by atoms with Gasteiger partial charge in [0.05, 0.1) is 85.9 Å². The van der Waals surface area contributed by atoms with Crippen molar-refractivity contribution in [3.8, 4) is 0 Å². The van der Waals surface area contributed by atoms with Crippen molar-refractivity contribution >= 4 is 5.78 Å². The van der Waals surface area contributed by atoms with Crippen molar-refractivity contribution in [2.24, 2.45) is 0 Å². The van der Waals surface area contributed by atoms with Gasteiger partial charge in [-0.05, 0) is 25.3 Å². The van der Waals surface area contributed by atoms with Crippen LogP contribution < -0.4 is 0 Å². The lowest BCUT2D eigenvalue weighted by molar-refractivity contribution is -0.117. The molecule has 1 aromatic rings. The van der Waals surface area contributed by atoms with Crippen molar-refractivity contribution in [3.05, 3.63) is 35.9 Å². The minimum Gasteiger partial charge on any atom is -0.379 e. The van der Waals surface area contributed by atoms with E-state index in [9.17, 15) is 4.79 Å². The molecular weight excluding hydrogens is 428 g/mol. The van der Waals surface area contributed by atoms with Gasteiger partial charge in [-0.3, -0.25) is 0 Å². The Bertz CT molecular complexity index is 540. The second-order valence-electron chi connectivity index (χ2n) is 7.37. The van der Waals surface area contributed by atoms with Crippen molar-refractivity contribution in [1.29, 1.82) is 0 Å². The van der Waals surface area contributed by atoms with E-state index >= 15 is 0 Å². The van der Waals surface area contributed by atoms with Crippen molar-refractivity contribution < 1.29 is 38.0 Å². The van der Waals surface area contributed by atoms with Crippen LogP contribution in [0, 0.1) is 0 Å². The molecule has 0 spiro atoms. The fraction of sp³-hybridized carbons (Fsp3) is 0.720. The van der Waals surface area contributed by atoms with Gasteiger partial charge >= 0.3 is 0 Å². The van der Waals surface area contributed by atoms with Crippen LogP contribution in [0.3, 0.4) is 0 Å². The first-order valence-corrected chi connectivity index (χ1v) is 11.9. The Labute approximate surface area is 198 Å². The number of carbonyl (C=O) groups excluding carboxylic acids is 1. The van der Waals surface area contributed by atoms with Crippen molar-refractivity contribution in [2.75, 3.05) is 85.9 Å². The van der Waals surface area contributed by atoms with Crippen LogP contribution in [0.1, 0.15) is 31.7 Å². The number of ether oxygens (including phenoxy) is 7. The van der Waals surface area contributed by atoms with Gasteiger partial charge in [0.15, 0.2) is 0 Å². The van der Waals surface area contributed by atoms with Gasteiger partial charge in [0.25, 0.3) is 0 Å². The predicted octanol–water partition coefficient (Wildman–Crippen LogP) is 3.06. The summed E-state index contributed by atoms with van der Waals surface area (Å²) < 4.78 is 38.2. The molecule has 0 amide bonds. The maximum atomic E-state index is 10.8. The van der Waals surface area contributed by atoms with E-state index in [1.54, 1.807) is 6.92 Å². The van der Waals surface area contributed by atoms with Gasteiger partial charge in [0.2, 0.25) is 0 Å². The summed E-state index contributed by atoms with van der Waals surface area (Å²) in [6.45, 7) is 9.41. The number of unbranched alkanes of at least 4 members (excludes halogenated alkanes) is 1. The third kappa shape index (κ3) is 22.2. The van der Waals surface area contributed by atoms with Gasteiger partial charge in [0.1, 0.15) is 5.78 Å². The highest BCUT2D eigenvalue weighted by Gasteiger charge is 1.96. The molecule has 0 aliphatic carbocycles. The molecule has 1 rings (SSSR count). The van der Waals surface area contributed by atoms with Gasteiger partial charge in [-0.2, -0.15) is 0 Å². The SMILES string of the molecule is CC(=O)CCCCOCCOCCOCCOCCOCCOCCOCc1ccccc1. The molecule has 0 aliphatic heterocycles. The molecular formula is C25H42O8. The van der Waals surface area contributed by atoms with Crippen LogP contribution >= 0.6 is 0 Å². The number of rotatable bonds is 25. The largest absolute Gasteiger partial charge is 0.379 e. The molecule has 0 saturated heterocycles. The number of hydrogen-bond donors (Lipinski definition) is 0. The minimum atomic E-state index is 0.232. The second-order valence-corrected chi connectivity index (χ2v) is 7.37. The maximum absolute atomic E-state index is 10.8. The Morgan fingerprint density at radius 2 is 0.939 bits per heavy atom. The summed E-state index contributed by atoms with van der Waals surface area (Å²) >= 11 is 0. The summed E-state index contributed by atoms with van der Waals surface area (Å²) in [5.41, 5.74) is 1.16. The van der Waals surface area contributed by atoms with Crippen LogP contribution in [-0.4, -0.2) is 91.7 Å². The average molecular weight is 471 g/mol. The zero-order chi connectivity index (χ0) is 23.7. The van der Waals surface area contributed by atoms with Crippen LogP contribution in [-0.2, 0) is 44.6 Å². The lowest BCUT2D eigenvalue weighted by atomic mass is 10.2. The molecule has 0 aliphatic rings. The van der Waals surface area contributed by atoms with Gasteiger partial charge in [-0.25, -0.2) is 0 Å². The van der Waals surface area contributed by atoms with E-state index in [2.05, 4.69) is 0 Å². The molecule has 0 heterocycles. The molecule has 8 nitrogen and oxygen atoms in total. The monoisotopic (exact) mass is 470 g/mol. The Kier molecular flexibility index (Phi) is 21.3. The number of Topliss-reactive ketones (excluding diaryl/α,β-unsaturated/α-hetero) is 1. The first-order valence-electron chi connectivity index (χ1n) is 11.9. The van der Waals surface area contributed by atoms with E-state index < -0.39 is 0 Å². The predicted molar refractivity (Wildman–Crippen MR) is 126 cm³/mol. The summed E-state index contributed by atoms with van der Waals surface area (Å²) in [6, 6.07) is 10.1. The molecule has 0 atom stereocenters. The first-order chi connectivity index (χ1) is 16.3. The molecule has 1 aromatic carbocycles. The van der Waals surface area contributed by atoms with Crippen LogP contribution in [0.2, 0.25) is 0 Å². The van der Waals surface area contributed by atoms with Crippen LogP contribution in [0.15, 0.2) is 30.3 Å². The summed E-state index contributed by atoms with van der Waals surface area (Å²) in [7, 11) is 0. The fourth-order valence-electron chi connectivity index (χ4n) is 2.66. The quantitative estimate of drug-likeness (QED) is 0.202. The van der Waals surface area contributed by atoms with Crippen LogP contribution in [0.4, 0.5) is 0 Å². The Hall–Kier alpha value is -1.39. The lowest BCUT2D eigenvalue weighted by Crippen LogP contribution is -2.14. The highest BCUT2D eigenvalue weighted by Crippen LogP contribution is 2.00.